The predicted molar refractivity (Wildman–Crippen MR) is 114 cm³/mol. The van der Waals surface area contributed by atoms with Crippen molar-refractivity contribution >= 4 is 17.7 Å². The Morgan fingerprint density at radius 3 is 2.58 bits per heavy atom. The Morgan fingerprint density at radius 2 is 1.90 bits per heavy atom. The molecule has 0 radical (unpaired) electrons. The van der Waals surface area contributed by atoms with Crippen LogP contribution in [0.3, 0.4) is 0 Å². The van der Waals surface area contributed by atoms with Crippen molar-refractivity contribution in [2.45, 2.75) is 65.5 Å². The van der Waals surface area contributed by atoms with Crippen molar-refractivity contribution in [3.63, 3.8) is 0 Å². The third-order valence-electron chi connectivity index (χ3n) is 5.85. The lowest BCUT2D eigenvalue weighted by Crippen LogP contribution is -2.43. The Morgan fingerprint density at radius 1 is 1.19 bits per heavy atom. The standard InChI is InChI=1S/C23H29F2N3O3/c1-4-31-22(29)21-14(2)18(15(3)26-21)13-28(17-8-6-5-7-9-17)23(30)27-20-12-16(24)10-11-19(20)25/h10-12,17,26H,4-9,13H2,1-3H3,(H,27,30). The number of urea groups is 1. The number of nitrogens with zero attached hydrogens (tertiary/aromatic N) is 1. The van der Waals surface area contributed by atoms with Gasteiger partial charge in [-0.3, -0.25) is 0 Å². The van der Waals surface area contributed by atoms with Gasteiger partial charge < -0.3 is 19.9 Å². The topological polar surface area (TPSA) is 74.4 Å². The van der Waals surface area contributed by atoms with Crippen molar-refractivity contribution in [1.29, 1.82) is 0 Å². The number of nitrogens with one attached hydrogen (secondary N) is 2. The van der Waals surface area contributed by atoms with Gasteiger partial charge in [-0.05, 0) is 56.9 Å². The van der Waals surface area contributed by atoms with Crippen LogP contribution in [0.15, 0.2) is 18.2 Å². The van der Waals surface area contributed by atoms with Crippen LogP contribution in [0.25, 0.3) is 0 Å². The number of hydrogen-bond acceptors (Lipinski definition) is 3. The number of amides is 2. The van der Waals surface area contributed by atoms with Gasteiger partial charge >= 0.3 is 12.0 Å². The van der Waals surface area contributed by atoms with Crippen LogP contribution in [0.2, 0.25) is 0 Å². The number of aryl methyl sites for hydroxylation is 1. The van der Waals surface area contributed by atoms with E-state index >= 15 is 0 Å². The zero-order valence-electron chi connectivity index (χ0n) is 18.2. The molecule has 3 rings (SSSR count). The number of aromatic amines is 1. The van der Waals surface area contributed by atoms with E-state index in [1.54, 1.807) is 11.8 Å². The van der Waals surface area contributed by atoms with Crippen molar-refractivity contribution in [3.8, 4) is 0 Å². The molecule has 1 fully saturated rings. The van der Waals surface area contributed by atoms with Gasteiger partial charge in [0.05, 0.1) is 12.3 Å². The summed E-state index contributed by atoms with van der Waals surface area (Å²) < 4.78 is 32.8. The highest BCUT2D eigenvalue weighted by molar-refractivity contribution is 5.91. The van der Waals surface area contributed by atoms with Crippen LogP contribution in [0, 0.1) is 25.5 Å². The second-order valence-corrected chi connectivity index (χ2v) is 7.92. The van der Waals surface area contributed by atoms with Crippen LogP contribution in [0.1, 0.15) is 66.3 Å². The monoisotopic (exact) mass is 433 g/mol. The van der Waals surface area contributed by atoms with Crippen LogP contribution < -0.4 is 5.32 Å². The summed E-state index contributed by atoms with van der Waals surface area (Å²) in [4.78, 5) is 30.1. The summed E-state index contributed by atoms with van der Waals surface area (Å²) in [5.74, 6) is -1.76. The third-order valence-corrected chi connectivity index (χ3v) is 5.85. The maximum Gasteiger partial charge on any atom is 0.355 e. The number of H-pyrrole nitrogens is 1. The first-order valence-corrected chi connectivity index (χ1v) is 10.7. The highest BCUT2D eigenvalue weighted by Gasteiger charge is 2.29. The number of esters is 1. The molecule has 0 saturated heterocycles. The van der Waals surface area contributed by atoms with Gasteiger partial charge in [-0.2, -0.15) is 0 Å². The van der Waals surface area contributed by atoms with E-state index in [-0.39, 0.29) is 24.9 Å². The molecule has 0 unspecified atom stereocenters. The van der Waals surface area contributed by atoms with Crippen molar-refractivity contribution in [3.05, 3.63) is 52.3 Å². The molecule has 0 atom stereocenters. The molecular weight excluding hydrogens is 404 g/mol. The lowest BCUT2D eigenvalue weighted by atomic mass is 9.93. The first-order chi connectivity index (χ1) is 14.8. The van der Waals surface area contributed by atoms with Crippen LogP contribution in [-0.4, -0.2) is 34.5 Å². The third kappa shape index (κ3) is 5.24. The highest BCUT2D eigenvalue weighted by atomic mass is 19.1. The fourth-order valence-corrected chi connectivity index (χ4v) is 4.14. The second kappa shape index (κ2) is 9.94. The summed E-state index contributed by atoms with van der Waals surface area (Å²) in [5, 5.41) is 2.53. The van der Waals surface area contributed by atoms with E-state index in [1.807, 2.05) is 13.8 Å². The maximum atomic E-state index is 14.1. The molecule has 1 saturated carbocycles. The molecule has 0 spiro atoms. The van der Waals surface area contributed by atoms with Gasteiger partial charge in [-0.25, -0.2) is 18.4 Å². The summed E-state index contributed by atoms with van der Waals surface area (Å²) >= 11 is 0. The number of anilines is 1. The normalized spacial score (nSPS) is 14.4. The van der Waals surface area contributed by atoms with Crippen LogP contribution in [0.4, 0.5) is 19.3 Å². The Hall–Kier alpha value is -2.90. The minimum atomic E-state index is -0.697. The highest BCUT2D eigenvalue weighted by Crippen LogP contribution is 2.28. The van der Waals surface area contributed by atoms with E-state index in [9.17, 15) is 18.4 Å². The lowest BCUT2D eigenvalue weighted by molar-refractivity contribution is 0.0519. The lowest BCUT2D eigenvalue weighted by Gasteiger charge is -2.34. The zero-order chi connectivity index (χ0) is 22.5. The Labute approximate surface area is 181 Å². The van der Waals surface area contributed by atoms with Crippen LogP contribution >= 0.6 is 0 Å². The van der Waals surface area contributed by atoms with Crippen LogP contribution in [0.5, 0.6) is 0 Å². The molecule has 0 aliphatic heterocycles. The van der Waals surface area contributed by atoms with Gasteiger partial charge in [0.25, 0.3) is 0 Å². The molecule has 1 aromatic heterocycles. The van der Waals surface area contributed by atoms with Crippen molar-refractivity contribution in [2.75, 3.05) is 11.9 Å². The van der Waals surface area contributed by atoms with E-state index in [4.69, 9.17) is 4.74 Å². The summed E-state index contributed by atoms with van der Waals surface area (Å²) in [5.41, 5.74) is 2.49. The molecule has 2 N–H and O–H groups in total. The minimum Gasteiger partial charge on any atom is -0.461 e. The predicted octanol–water partition coefficient (Wildman–Crippen LogP) is 5.45. The van der Waals surface area contributed by atoms with Crippen LogP contribution in [-0.2, 0) is 11.3 Å². The fourth-order valence-electron chi connectivity index (χ4n) is 4.14. The number of benzene rings is 1. The first-order valence-electron chi connectivity index (χ1n) is 10.7. The zero-order valence-corrected chi connectivity index (χ0v) is 18.2. The molecule has 8 heteroatoms. The molecular formula is C23H29F2N3O3. The molecule has 0 bridgehead atoms. The van der Waals surface area contributed by atoms with E-state index in [0.29, 0.717) is 5.69 Å². The smallest absolute Gasteiger partial charge is 0.355 e. The average Bonchev–Trinajstić information content (AvgIpc) is 3.03. The molecule has 1 aliphatic carbocycles. The van der Waals surface area contributed by atoms with E-state index in [2.05, 4.69) is 10.3 Å². The van der Waals surface area contributed by atoms with Crippen molar-refractivity contribution in [1.82, 2.24) is 9.88 Å². The Bertz CT molecular complexity index is 952. The van der Waals surface area contributed by atoms with E-state index in [0.717, 1.165) is 67.1 Å². The summed E-state index contributed by atoms with van der Waals surface area (Å²) in [6.45, 7) is 5.91. The molecule has 31 heavy (non-hydrogen) atoms. The number of carbonyl (C=O) groups is 2. The molecule has 1 heterocycles. The van der Waals surface area contributed by atoms with Gasteiger partial charge in [-0.1, -0.05) is 19.3 Å². The van der Waals surface area contributed by atoms with Crippen molar-refractivity contribution < 1.29 is 23.1 Å². The summed E-state index contributed by atoms with van der Waals surface area (Å²) in [7, 11) is 0. The molecule has 2 aromatic rings. The SMILES string of the molecule is CCOC(=O)c1[nH]c(C)c(CN(C(=O)Nc2cc(F)ccc2F)C2CCCCC2)c1C. The average molecular weight is 433 g/mol. The number of halogens is 2. The number of carbonyl (C=O) groups excluding carboxylic acids is 2. The largest absolute Gasteiger partial charge is 0.461 e. The fraction of sp³-hybridized carbons (Fsp3) is 0.478. The van der Waals surface area contributed by atoms with Gasteiger partial charge in [-0.15, -0.1) is 0 Å². The molecule has 168 valence electrons. The number of rotatable bonds is 6. The van der Waals surface area contributed by atoms with Crippen molar-refractivity contribution in [2.24, 2.45) is 0 Å². The molecule has 2 amide bonds. The summed E-state index contributed by atoms with van der Waals surface area (Å²) in [6, 6.07) is 2.45. The Kier molecular flexibility index (Phi) is 7.30. The van der Waals surface area contributed by atoms with Gasteiger partial charge in [0.1, 0.15) is 17.3 Å². The molecule has 1 aromatic carbocycles. The molecule has 6 nitrogen and oxygen atoms in total. The number of aromatic nitrogens is 1. The maximum absolute atomic E-state index is 14.1. The van der Waals surface area contributed by atoms with Gasteiger partial charge in [0.2, 0.25) is 0 Å². The summed E-state index contributed by atoms with van der Waals surface area (Å²) in [6.07, 6.45) is 4.79. The molecule has 1 aliphatic rings. The quantitative estimate of drug-likeness (QED) is 0.595. The second-order valence-electron chi connectivity index (χ2n) is 7.92. The minimum absolute atomic E-state index is 0.0230. The first kappa shape index (κ1) is 22.8. The number of ether oxygens (including phenoxy) is 1. The number of hydrogen-bond donors (Lipinski definition) is 2. The van der Waals surface area contributed by atoms with Gasteiger partial charge in [0, 0.05) is 24.3 Å². The van der Waals surface area contributed by atoms with Gasteiger partial charge in [0.15, 0.2) is 0 Å². The Balaban J connectivity index is 1.89. The van der Waals surface area contributed by atoms with E-state index in [1.165, 1.54) is 0 Å². The van der Waals surface area contributed by atoms with E-state index < -0.39 is 23.6 Å².